The summed E-state index contributed by atoms with van der Waals surface area (Å²) < 4.78 is 13.0. The van der Waals surface area contributed by atoms with Gasteiger partial charge in [-0.1, -0.05) is 17.7 Å². The zero-order chi connectivity index (χ0) is 10.9. The molecule has 0 radical (unpaired) electrons. The van der Waals surface area contributed by atoms with Crippen molar-refractivity contribution in [1.29, 1.82) is 0 Å². The molecule has 1 aromatic rings. The Bertz CT molecular complexity index is 381. The van der Waals surface area contributed by atoms with Gasteiger partial charge >= 0.3 is 5.97 Å². The van der Waals surface area contributed by atoms with E-state index in [-0.39, 0.29) is 10.6 Å². The molecule has 0 spiro atoms. The van der Waals surface area contributed by atoms with Crippen molar-refractivity contribution in [2.24, 2.45) is 5.73 Å². The number of hydrogen-bond donors (Lipinski definition) is 2. The molecule has 3 N–H and O–H groups in total. The molecule has 1 rings (SSSR count). The first-order valence-electron chi connectivity index (χ1n) is 3.88. The summed E-state index contributed by atoms with van der Waals surface area (Å²) in [4.78, 5) is 10.6. The Balaban J connectivity index is 3.32. The molecular formula is C9H9ClFNO2. The quantitative estimate of drug-likeness (QED) is 0.795. The highest BCUT2D eigenvalue weighted by atomic mass is 35.5. The van der Waals surface area contributed by atoms with Crippen LogP contribution in [-0.4, -0.2) is 11.1 Å². The molecule has 1 aromatic carbocycles. The van der Waals surface area contributed by atoms with Gasteiger partial charge in [0, 0.05) is 5.56 Å². The van der Waals surface area contributed by atoms with Crippen molar-refractivity contribution >= 4 is 17.6 Å². The molecule has 0 saturated carbocycles. The van der Waals surface area contributed by atoms with Crippen molar-refractivity contribution in [3.05, 3.63) is 34.1 Å². The van der Waals surface area contributed by atoms with Crippen LogP contribution in [0.1, 0.15) is 17.2 Å². The molecular weight excluding hydrogens is 209 g/mol. The molecule has 0 saturated heterocycles. The van der Waals surface area contributed by atoms with E-state index in [0.717, 1.165) is 0 Å². The minimum atomic E-state index is -1.29. The van der Waals surface area contributed by atoms with Gasteiger partial charge in [0.2, 0.25) is 0 Å². The van der Waals surface area contributed by atoms with Gasteiger partial charge in [0.1, 0.15) is 11.9 Å². The van der Waals surface area contributed by atoms with E-state index in [0.29, 0.717) is 5.56 Å². The number of aliphatic carboxylic acids is 1. The zero-order valence-electron chi connectivity index (χ0n) is 7.42. The van der Waals surface area contributed by atoms with Crippen molar-refractivity contribution in [2.75, 3.05) is 0 Å². The monoisotopic (exact) mass is 217 g/mol. The minimum Gasteiger partial charge on any atom is -0.480 e. The van der Waals surface area contributed by atoms with Gasteiger partial charge in [-0.25, -0.2) is 4.39 Å². The maximum absolute atomic E-state index is 13.0. The molecule has 3 nitrogen and oxygen atoms in total. The third-order valence-corrected chi connectivity index (χ3v) is 2.31. The zero-order valence-corrected chi connectivity index (χ0v) is 8.18. The van der Waals surface area contributed by atoms with Gasteiger partial charge in [-0.2, -0.15) is 0 Å². The Kier molecular flexibility index (Phi) is 3.08. The number of aryl methyl sites for hydroxylation is 1. The first kappa shape index (κ1) is 10.9. The molecule has 0 fully saturated rings. The lowest BCUT2D eigenvalue weighted by molar-refractivity contribution is -0.138. The SMILES string of the molecule is Cc1ccc(F)c(Cl)c1C(N)C(=O)O. The summed E-state index contributed by atoms with van der Waals surface area (Å²) in [5, 5.41) is 8.45. The average Bonchev–Trinajstić information content (AvgIpc) is 2.12. The van der Waals surface area contributed by atoms with Crippen LogP contribution in [0.2, 0.25) is 5.02 Å². The first-order valence-corrected chi connectivity index (χ1v) is 4.26. The Labute approximate surface area is 85.3 Å². The fraction of sp³-hybridized carbons (Fsp3) is 0.222. The number of carboxylic acids is 1. The second-order valence-electron chi connectivity index (χ2n) is 2.91. The minimum absolute atomic E-state index is 0.124. The van der Waals surface area contributed by atoms with E-state index in [4.69, 9.17) is 22.4 Å². The van der Waals surface area contributed by atoms with Gasteiger partial charge in [0.15, 0.2) is 0 Å². The number of carbonyl (C=O) groups is 1. The molecule has 0 heterocycles. The largest absolute Gasteiger partial charge is 0.480 e. The fourth-order valence-corrected chi connectivity index (χ4v) is 1.50. The van der Waals surface area contributed by atoms with Crippen LogP contribution in [0, 0.1) is 12.7 Å². The molecule has 0 aliphatic carbocycles. The molecule has 5 heteroatoms. The third-order valence-electron chi connectivity index (χ3n) is 1.93. The van der Waals surface area contributed by atoms with E-state index in [1.54, 1.807) is 6.92 Å². The van der Waals surface area contributed by atoms with Crippen LogP contribution in [0.4, 0.5) is 4.39 Å². The van der Waals surface area contributed by atoms with Crippen LogP contribution in [0.3, 0.4) is 0 Å². The molecule has 76 valence electrons. The van der Waals surface area contributed by atoms with E-state index >= 15 is 0 Å². The van der Waals surface area contributed by atoms with Crippen LogP contribution >= 0.6 is 11.6 Å². The Morgan fingerprint density at radius 1 is 1.64 bits per heavy atom. The standard InChI is InChI=1S/C9H9ClFNO2/c1-4-2-3-5(11)7(10)6(4)8(12)9(13)14/h2-3,8H,12H2,1H3,(H,13,14). The smallest absolute Gasteiger partial charge is 0.325 e. The maximum atomic E-state index is 13.0. The van der Waals surface area contributed by atoms with Crippen LogP contribution in [0.5, 0.6) is 0 Å². The van der Waals surface area contributed by atoms with Gasteiger partial charge in [0.05, 0.1) is 5.02 Å². The summed E-state index contributed by atoms with van der Waals surface area (Å²) in [6.45, 7) is 1.63. The second-order valence-corrected chi connectivity index (χ2v) is 3.29. The predicted molar refractivity (Wildman–Crippen MR) is 50.7 cm³/mol. The molecule has 0 aliphatic rings. The van der Waals surface area contributed by atoms with Gasteiger partial charge in [-0.05, 0) is 18.6 Å². The number of hydrogen-bond acceptors (Lipinski definition) is 2. The molecule has 0 aliphatic heterocycles. The van der Waals surface area contributed by atoms with Crippen LogP contribution in [0.25, 0.3) is 0 Å². The first-order chi connectivity index (χ1) is 6.45. The molecule has 1 atom stereocenters. The molecule has 14 heavy (non-hydrogen) atoms. The third kappa shape index (κ3) is 1.86. The van der Waals surface area contributed by atoms with Crippen LogP contribution < -0.4 is 5.73 Å². The van der Waals surface area contributed by atoms with Gasteiger partial charge in [0.25, 0.3) is 0 Å². The summed E-state index contributed by atoms with van der Waals surface area (Å²) in [7, 11) is 0. The van der Waals surface area contributed by atoms with Gasteiger partial charge in [-0.15, -0.1) is 0 Å². The molecule has 1 unspecified atom stereocenters. The van der Waals surface area contributed by atoms with Gasteiger partial charge < -0.3 is 10.8 Å². The van der Waals surface area contributed by atoms with Crippen molar-refractivity contribution in [2.45, 2.75) is 13.0 Å². The second kappa shape index (κ2) is 3.94. The number of carboxylic acid groups (broad SMARTS) is 1. The van der Waals surface area contributed by atoms with Crippen molar-refractivity contribution in [3.8, 4) is 0 Å². The summed E-state index contributed by atoms with van der Waals surface area (Å²) in [5.41, 5.74) is 6.04. The normalized spacial score (nSPS) is 12.6. The number of halogens is 2. The highest BCUT2D eigenvalue weighted by Gasteiger charge is 2.21. The highest BCUT2D eigenvalue weighted by Crippen LogP contribution is 2.27. The van der Waals surface area contributed by atoms with E-state index < -0.39 is 17.8 Å². The number of rotatable bonds is 2. The summed E-state index contributed by atoms with van der Waals surface area (Å²) in [6, 6.07) is 1.33. The average molecular weight is 218 g/mol. The maximum Gasteiger partial charge on any atom is 0.325 e. The summed E-state index contributed by atoms with van der Waals surface area (Å²) in [5.74, 6) is -1.90. The fourth-order valence-electron chi connectivity index (χ4n) is 1.17. The highest BCUT2D eigenvalue weighted by molar-refractivity contribution is 6.31. The number of nitrogens with two attached hydrogens (primary N) is 1. The Hall–Kier alpha value is -1.13. The van der Waals surface area contributed by atoms with Gasteiger partial charge in [-0.3, -0.25) is 4.79 Å². The summed E-state index contributed by atoms with van der Waals surface area (Å²) >= 11 is 5.62. The van der Waals surface area contributed by atoms with E-state index in [1.807, 2.05) is 0 Å². The van der Waals surface area contributed by atoms with Crippen molar-refractivity contribution in [1.82, 2.24) is 0 Å². The van der Waals surface area contributed by atoms with Crippen LogP contribution in [0.15, 0.2) is 12.1 Å². The Morgan fingerprint density at radius 3 is 2.71 bits per heavy atom. The van der Waals surface area contributed by atoms with E-state index in [9.17, 15) is 9.18 Å². The topological polar surface area (TPSA) is 63.3 Å². The lowest BCUT2D eigenvalue weighted by Crippen LogP contribution is -2.22. The lowest BCUT2D eigenvalue weighted by atomic mass is 10.0. The number of benzene rings is 1. The summed E-state index contributed by atoms with van der Waals surface area (Å²) in [6.07, 6.45) is 0. The van der Waals surface area contributed by atoms with E-state index in [1.165, 1.54) is 12.1 Å². The molecule has 0 aromatic heterocycles. The van der Waals surface area contributed by atoms with Crippen molar-refractivity contribution < 1.29 is 14.3 Å². The predicted octanol–water partition coefficient (Wildman–Crippen LogP) is 1.87. The lowest BCUT2D eigenvalue weighted by Gasteiger charge is -2.12. The van der Waals surface area contributed by atoms with Crippen molar-refractivity contribution in [3.63, 3.8) is 0 Å². The molecule has 0 amide bonds. The van der Waals surface area contributed by atoms with E-state index in [2.05, 4.69) is 0 Å². The molecule has 0 bridgehead atoms. The Morgan fingerprint density at radius 2 is 2.21 bits per heavy atom. The van der Waals surface area contributed by atoms with Crippen LogP contribution in [-0.2, 0) is 4.79 Å².